The second kappa shape index (κ2) is 15.6. The lowest BCUT2D eigenvalue weighted by Gasteiger charge is -2.29. The topological polar surface area (TPSA) is 125 Å². The predicted octanol–water partition coefficient (Wildman–Crippen LogP) is 7.25. The van der Waals surface area contributed by atoms with E-state index in [0.29, 0.717) is 29.2 Å². The first-order chi connectivity index (χ1) is 23.4. The Labute approximate surface area is 283 Å². The van der Waals surface area contributed by atoms with Gasteiger partial charge in [0.2, 0.25) is 16.0 Å². The second-order valence-corrected chi connectivity index (χ2v) is 13.9. The van der Waals surface area contributed by atoms with Gasteiger partial charge in [-0.15, -0.1) is 0 Å². The summed E-state index contributed by atoms with van der Waals surface area (Å²) in [5.41, 5.74) is 2.15. The van der Waals surface area contributed by atoms with E-state index in [1.54, 1.807) is 12.1 Å². The quantitative estimate of drug-likeness (QED) is 0.140. The number of carbonyl (C=O) groups is 1. The number of benzene rings is 4. The monoisotopic (exact) mass is 693 g/mol. The fraction of sp³-hybridized carbons (Fsp3) is 0.306. The maximum absolute atomic E-state index is 13.0. The molecule has 1 fully saturated rings. The van der Waals surface area contributed by atoms with Crippen molar-refractivity contribution < 1.29 is 31.5 Å². The van der Waals surface area contributed by atoms with Crippen molar-refractivity contribution in [2.24, 2.45) is 11.8 Å². The maximum atomic E-state index is 13.0. The first kappa shape index (κ1) is 35.6. The number of hydrogen-bond acceptors (Lipinski definition) is 7. The molecule has 0 atom stereocenters. The van der Waals surface area contributed by atoms with E-state index in [9.17, 15) is 21.6 Å². The number of carboxylic acids is 1. The Bertz CT molecular complexity index is 1990. The molecule has 0 radical (unpaired) electrons. The summed E-state index contributed by atoms with van der Waals surface area (Å²) in [7, 11) is -1.47. The third kappa shape index (κ3) is 9.67. The number of fused-ring (bicyclic) bond motifs is 2. The molecule has 0 aliphatic heterocycles. The Balaban J connectivity index is 0.000000606. The molecule has 9 nitrogen and oxygen atoms in total. The minimum absolute atomic E-state index is 0.322. The highest BCUT2D eigenvalue weighted by atomic mass is 32.2. The molecule has 1 aliphatic carbocycles. The summed E-state index contributed by atoms with van der Waals surface area (Å²) < 4.78 is 60.6. The first-order valence-electron chi connectivity index (χ1n) is 15.9. The van der Waals surface area contributed by atoms with Gasteiger partial charge in [-0.25, -0.2) is 22.9 Å². The largest absolute Gasteiger partial charge is 0.490 e. The Morgan fingerprint density at radius 3 is 2.10 bits per heavy atom. The molecule has 13 heteroatoms. The highest BCUT2D eigenvalue weighted by molar-refractivity contribution is 7.89. The van der Waals surface area contributed by atoms with Crippen LogP contribution in [0.3, 0.4) is 0 Å². The maximum Gasteiger partial charge on any atom is 0.490 e. The van der Waals surface area contributed by atoms with Crippen molar-refractivity contribution >= 4 is 49.4 Å². The van der Waals surface area contributed by atoms with Crippen molar-refractivity contribution in [2.45, 2.75) is 43.3 Å². The van der Waals surface area contributed by atoms with Gasteiger partial charge >= 0.3 is 12.1 Å². The molecule has 0 saturated heterocycles. The fourth-order valence-corrected chi connectivity index (χ4v) is 7.03. The van der Waals surface area contributed by atoms with E-state index in [1.165, 1.54) is 5.56 Å². The van der Waals surface area contributed by atoms with Crippen molar-refractivity contribution in [3.8, 4) is 0 Å². The molecule has 1 heterocycles. The SMILES string of the molecule is CN(Cc1ccccc1)c1nc(NCC2CCC(CNS(=O)(=O)c3ccc4ccccc4c3)CC2)nc2ccccc12.O=C(O)C(F)(F)F. The number of hydrogen-bond donors (Lipinski definition) is 3. The molecule has 1 aromatic heterocycles. The molecule has 0 amide bonds. The van der Waals surface area contributed by atoms with E-state index in [2.05, 4.69) is 52.3 Å². The molecule has 6 rings (SSSR count). The third-order valence-electron chi connectivity index (χ3n) is 8.56. The number of anilines is 2. The summed E-state index contributed by atoms with van der Waals surface area (Å²) in [5, 5.41) is 13.6. The zero-order chi connectivity index (χ0) is 35.0. The number of nitrogens with zero attached hydrogens (tertiary/aromatic N) is 3. The van der Waals surface area contributed by atoms with E-state index >= 15 is 0 Å². The lowest BCUT2D eigenvalue weighted by atomic mass is 9.82. The molecule has 258 valence electrons. The normalized spacial score (nSPS) is 16.5. The Morgan fingerprint density at radius 1 is 0.837 bits per heavy atom. The average molecular weight is 694 g/mol. The number of sulfonamides is 1. The van der Waals surface area contributed by atoms with Gasteiger partial charge in [-0.05, 0) is 78.1 Å². The van der Waals surface area contributed by atoms with Crippen LogP contribution in [0.25, 0.3) is 21.7 Å². The summed E-state index contributed by atoms with van der Waals surface area (Å²) >= 11 is 0. The van der Waals surface area contributed by atoms with E-state index in [-0.39, 0.29) is 0 Å². The Morgan fingerprint density at radius 2 is 1.43 bits per heavy atom. The third-order valence-corrected chi connectivity index (χ3v) is 9.98. The van der Waals surface area contributed by atoms with Gasteiger partial charge in [0.05, 0.1) is 10.4 Å². The minimum Gasteiger partial charge on any atom is -0.475 e. The zero-order valence-electron chi connectivity index (χ0n) is 26.9. The molecule has 5 aromatic rings. The van der Waals surface area contributed by atoms with Crippen LogP contribution < -0.4 is 14.9 Å². The zero-order valence-corrected chi connectivity index (χ0v) is 27.7. The van der Waals surface area contributed by atoms with Crippen LogP contribution >= 0.6 is 0 Å². The average Bonchev–Trinajstić information content (AvgIpc) is 3.10. The molecular weight excluding hydrogens is 655 g/mol. The number of carboxylic acid groups (broad SMARTS) is 1. The van der Waals surface area contributed by atoms with Gasteiger partial charge in [-0.2, -0.15) is 18.2 Å². The van der Waals surface area contributed by atoms with Gasteiger partial charge in [0.25, 0.3) is 0 Å². The number of rotatable bonds is 10. The summed E-state index contributed by atoms with van der Waals surface area (Å²) in [5.74, 6) is -0.360. The van der Waals surface area contributed by atoms with Crippen molar-refractivity contribution in [3.05, 3.63) is 103 Å². The number of aromatic nitrogens is 2. The van der Waals surface area contributed by atoms with Gasteiger partial charge in [0.1, 0.15) is 5.82 Å². The Hall–Kier alpha value is -4.75. The predicted molar refractivity (Wildman–Crippen MR) is 185 cm³/mol. The van der Waals surface area contributed by atoms with Crippen molar-refractivity contribution in [3.63, 3.8) is 0 Å². The van der Waals surface area contributed by atoms with Crippen LogP contribution in [0.4, 0.5) is 24.9 Å². The molecule has 0 spiro atoms. The molecule has 1 saturated carbocycles. The molecule has 3 N–H and O–H groups in total. The molecule has 49 heavy (non-hydrogen) atoms. The van der Waals surface area contributed by atoms with Gasteiger partial charge < -0.3 is 15.3 Å². The number of para-hydroxylation sites is 1. The van der Waals surface area contributed by atoms with E-state index in [0.717, 1.165) is 66.3 Å². The summed E-state index contributed by atoms with van der Waals surface area (Å²) in [4.78, 5) is 21.1. The van der Waals surface area contributed by atoms with Gasteiger partial charge in [0.15, 0.2) is 0 Å². The van der Waals surface area contributed by atoms with E-state index in [1.807, 2.05) is 54.6 Å². The van der Waals surface area contributed by atoms with Crippen LogP contribution in [0.1, 0.15) is 31.2 Å². The van der Waals surface area contributed by atoms with Crippen LogP contribution in [-0.4, -0.2) is 55.8 Å². The lowest BCUT2D eigenvalue weighted by Crippen LogP contribution is -2.32. The standard InChI is InChI=1S/C34H37N5O2S.C2HF3O2/c1-39(24-27-9-3-2-4-10-27)33-31-13-7-8-14-32(31)37-34(38-33)35-22-25-15-17-26(18-16-25)23-36-42(40,41)30-20-19-28-11-5-6-12-29(28)21-30;3-2(4,5)1(6)7/h2-14,19-21,25-26,36H,15-18,22-24H2,1H3,(H,35,37,38);(H,6,7). The smallest absolute Gasteiger partial charge is 0.475 e. The number of aliphatic carboxylic acids is 1. The highest BCUT2D eigenvalue weighted by Crippen LogP contribution is 2.30. The number of halogens is 3. The first-order valence-corrected chi connectivity index (χ1v) is 17.4. The van der Waals surface area contributed by atoms with Gasteiger partial charge in [-0.1, -0.05) is 72.8 Å². The fourth-order valence-electron chi connectivity index (χ4n) is 5.88. The minimum atomic E-state index is -5.08. The van der Waals surface area contributed by atoms with Crippen LogP contribution in [0.15, 0.2) is 102 Å². The summed E-state index contributed by atoms with van der Waals surface area (Å²) in [6.45, 7) is 2.03. The van der Waals surface area contributed by atoms with Crippen LogP contribution in [0.2, 0.25) is 0 Å². The van der Waals surface area contributed by atoms with Crippen LogP contribution in [-0.2, 0) is 21.4 Å². The highest BCUT2D eigenvalue weighted by Gasteiger charge is 2.38. The molecule has 0 unspecified atom stereocenters. The Kier molecular flexibility index (Phi) is 11.4. The van der Waals surface area contributed by atoms with Crippen LogP contribution in [0, 0.1) is 11.8 Å². The molecular formula is C36H38F3N5O4S. The van der Waals surface area contributed by atoms with E-state index in [4.69, 9.17) is 19.9 Å². The summed E-state index contributed by atoms with van der Waals surface area (Å²) in [6, 6.07) is 31.7. The number of alkyl halides is 3. The second-order valence-electron chi connectivity index (χ2n) is 12.2. The molecule has 4 aromatic carbocycles. The van der Waals surface area contributed by atoms with Crippen molar-refractivity contribution in [1.82, 2.24) is 14.7 Å². The molecule has 1 aliphatic rings. The van der Waals surface area contributed by atoms with Crippen LogP contribution in [0.5, 0.6) is 0 Å². The van der Waals surface area contributed by atoms with Crippen molar-refractivity contribution in [2.75, 3.05) is 30.4 Å². The lowest BCUT2D eigenvalue weighted by molar-refractivity contribution is -0.192. The van der Waals surface area contributed by atoms with Crippen molar-refractivity contribution in [1.29, 1.82) is 0 Å². The molecule has 0 bridgehead atoms. The van der Waals surface area contributed by atoms with Gasteiger partial charge in [0, 0.05) is 32.1 Å². The number of nitrogens with one attached hydrogen (secondary N) is 2. The summed E-state index contributed by atoms with van der Waals surface area (Å²) in [6.07, 6.45) is -1.00. The van der Waals surface area contributed by atoms with E-state index < -0.39 is 22.2 Å². The van der Waals surface area contributed by atoms with Gasteiger partial charge in [-0.3, -0.25) is 0 Å².